The average molecular weight is 425 g/mol. The number of carbonyl (C=O) groups is 2. The molecule has 0 aliphatic heterocycles. The lowest BCUT2D eigenvalue weighted by Crippen LogP contribution is -2.24. The van der Waals surface area contributed by atoms with Crippen LogP contribution in [0.3, 0.4) is 0 Å². The molecular formula is C20H22F3N3O4. The number of hydrogen-bond donors (Lipinski definition) is 1. The molecule has 0 radical (unpaired) electrons. The molecule has 0 aliphatic rings. The highest BCUT2D eigenvalue weighted by Crippen LogP contribution is 2.23. The Bertz CT molecular complexity index is 917. The maximum Gasteiger partial charge on any atom is 0.422 e. The number of ketones is 1. The van der Waals surface area contributed by atoms with Gasteiger partial charge in [-0.25, -0.2) is 0 Å². The molecule has 0 saturated heterocycles. The van der Waals surface area contributed by atoms with Crippen molar-refractivity contribution in [1.82, 2.24) is 15.3 Å². The van der Waals surface area contributed by atoms with Crippen molar-refractivity contribution in [2.24, 2.45) is 0 Å². The van der Waals surface area contributed by atoms with Gasteiger partial charge in [0.15, 0.2) is 6.61 Å². The van der Waals surface area contributed by atoms with Crippen molar-refractivity contribution in [3.8, 4) is 11.8 Å². The van der Waals surface area contributed by atoms with Gasteiger partial charge in [0.1, 0.15) is 5.78 Å². The second-order valence-electron chi connectivity index (χ2n) is 6.50. The number of nitrogens with zero attached hydrogens (tertiary/aromatic N) is 2. The summed E-state index contributed by atoms with van der Waals surface area (Å²) in [5, 5.41) is 2.71. The van der Waals surface area contributed by atoms with E-state index in [2.05, 4.69) is 20.0 Å². The van der Waals surface area contributed by atoms with Crippen molar-refractivity contribution >= 4 is 11.7 Å². The minimum atomic E-state index is -4.48. The smallest absolute Gasteiger partial charge is 0.422 e. The Morgan fingerprint density at radius 3 is 2.50 bits per heavy atom. The first-order chi connectivity index (χ1) is 14.1. The number of hydrogen-bond acceptors (Lipinski definition) is 6. The molecule has 0 fully saturated rings. The first-order valence-corrected chi connectivity index (χ1v) is 9.15. The number of aromatic nitrogens is 2. The highest BCUT2D eigenvalue weighted by atomic mass is 19.4. The van der Waals surface area contributed by atoms with Crippen LogP contribution in [0.15, 0.2) is 24.3 Å². The first-order valence-electron chi connectivity index (χ1n) is 9.15. The van der Waals surface area contributed by atoms with Crippen molar-refractivity contribution < 1.29 is 32.2 Å². The van der Waals surface area contributed by atoms with Crippen molar-refractivity contribution in [3.05, 3.63) is 46.8 Å². The van der Waals surface area contributed by atoms with Crippen LogP contribution in [0.5, 0.6) is 11.8 Å². The van der Waals surface area contributed by atoms with Gasteiger partial charge in [0.2, 0.25) is 11.8 Å². The Kier molecular flexibility index (Phi) is 7.73. The number of ether oxygens (including phenoxy) is 2. The first kappa shape index (κ1) is 23.1. The van der Waals surface area contributed by atoms with Gasteiger partial charge in [-0.1, -0.05) is 0 Å². The van der Waals surface area contributed by atoms with E-state index < -0.39 is 18.7 Å². The van der Waals surface area contributed by atoms with E-state index in [1.807, 2.05) is 0 Å². The fourth-order valence-electron chi connectivity index (χ4n) is 2.58. The third-order valence-corrected chi connectivity index (χ3v) is 3.72. The third kappa shape index (κ3) is 7.34. The molecule has 0 aliphatic carbocycles. The number of pyridine rings is 2. The van der Waals surface area contributed by atoms with E-state index in [1.54, 1.807) is 26.0 Å². The summed E-state index contributed by atoms with van der Waals surface area (Å²) in [6.45, 7) is 3.65. The van der Waals surface area contributed by atoms with Crippen molar-refractivity contribution in [3.63, 3.8) is 0 Å². The van der Waals surface area contributed by atoms with Gasteiger partial charge in [0.05, 0.1) is 6.61 Å². The normalized spacial score (nSPS) is 11.1. The summed E-state index contributed by atoms with van der Waals surface area (Å²) in [6, 6.07) is 5.88. The zero-order chi connectivity index (χ0) is 22.3. The maximum absolute atomic E-state index is 12.5. The molecule has 2 aromatic rings. The number of Topliss-reactive ketones (excluding diaryl/α,β-unsaturated/α-hetero) is 1. The molecule has 10 heteroatoms. The van der Waals surface area contributed by atoms with E-state index in [4.69, 9.17) is 4.74 Å². The molecule has 0 spiro atoms. The second-order valence-corrected chi connectivity index (χ2v) is 6.50. The highest BCUT2D eigenvalue weighted by molar-refractivity contribution is 5.94. The summed E-state index contributed by atoms with van der Waals surface area (Å²) < 4.78 is 46.9. The van der Waals surface area contributed by atoms with Gasteiger partial charge in [-0.15, -0.1) is 0 Å². The lowest BCUT2D eigenvalue weighted by atomic mass is 10.1. The van der Waals surface area contributed by atoms with Gasteiger partial charge in [0.25, 0.3) is 5.91 Å². The van der Waals surface area contributed by atoms with Crippen LogP contribution in [0.2, 0.25) is 0 Å². The number of aryl methyl sites for hydroxylation is 1. The molecule has 0 saturated carbocycles. The average Bonchev–Trinajstić information content (AvgIpc) is 2.64. The topological polar surface area (TPSA) is 90.4 Å². The van der Waals surface area contributed by atoms with Crippen molar-refractivity contribution in [2.75, 3.05) is 13.2 Å². The number of rotatable bonds is 9. The molecule has 2 heterocycles. The summed E-state index contributed by atoms with van der Waals surface area (Å²) in [5.74, 6) is -0.630. The van der Waals surface area contributed by atoms with Gasteiger partial charge in [0, 0.05) is 41.5 Å². The highest BCUT2D eigenvalue weighted by Gasteiger charge is 2.28. The standard InChI is InChI=1S/C20H22F3N3O4/c1-4-29-19-14(5-6-17(26-19)30-11-20(21,22)23)10-24-18(28)15-7-12(2)25-16(9-15)8-13(3)27/h5-7,9H,4,8,10-11H2,1-3H3,(H,24,28). The van der Waals surface area contributed by atoms with Crippen LogP contribution in [0.4, 0.5) is 13.2 Å². The molecule has 30 heavy (non-hydrogen) atoms. The van der Waals surface area contributed by atoms with Gasteiger partial charge < -0.3 is 14.8 Å². The number of nitrogens with one attached hydrogen (secondary N) is 1. The van der Waals surface area contributed by atoms with E-state index in [0.717, 1.165) is 0 Å². The lowest BCUT2D eigenvalue weighted by Gasteiger charge is -2.13. The van der Waals surface area contributed by atoms with Gasteiger partial charge in [-0.2, -0.15) is 18.2 Å². The largest absolute Gasteiger partial charge is 0.478 e. The molecule has 0 unspecified atom stereocenters. The maximum atomic E-state index is 12.5. The summed E-state index contributed by atoms with van der Waals surface area (Å²) in [7, 11) is 0. The molecule has 1 N–H and O–H groups in total. The quantitative estimate of drug-likeness (QED) is 0.664. The van der Waals surface area contributed by atoms with Crippen LogP contribution in [0.1, 0.15) is 41.2 Å². The van der Waals surface area contributed by atoms with Gasteiger partial charge in [-0.3, -0.25) is 14.6 Å². The minimum Gasteiger partial charge on any atom is -0.478 e. The number of alkyl halides is 3. The number of carbonyl (C=O) groups excluding carboxylic acids is 2. The Morgan fingerprint density at radius 1 is 1.13 bits per heavy atom. The fraction of sp³-hybridized carbons (Fsp3) is 0.400. The molecule has 1 amide bonds. The molecule has 0 atom stereocenters. The molecule has 7 nitrogen and oxygen atoms in total. The Labute approximate surface area is 171 Å². The van der Waals surface area contributed by atoms with E-state index in [9.17, 15) is 22.8 Å². The molecule has 0 bridgehead atoms. The van der Waals surface area contributed by atoms with E-state index in [1.165, 1.54) is 19.1 Å². The van der Waals surface area contributed by atoms with Crippen LogP contribution >= 0.6 is 0 Å². The zero-order valence-electron chi connectivity index (χ0n) is 16.8. The van der Waals surface area contributed by atoms with Crippen LogP contribution in [0.25, 0.3) is 0 Å². The second kappa shape index (κ2) is 10.0. The van der Waals surface area contributed by atoms with Crippen molar-refractivity contribution in [2.45, 2.75) is 39.9 Å². The van der Waals surface area contributed by atoms with Crippen LogP contribution < -0.4 is 14.8 Å². The van der Waals surface area contributed by atoms with Crippen LogP contribution in [-0.2, 0) is 17.8 Å². The van der Waals surface area contributed by atoms with E-state index >= 15 is 0 Å². The molecule has 0 aromatic carbocycles. The summed E-state index contributed by atoms with van der Waals surface area (Å²) in [4.78, 5) is 32.0. The van der Waals surface area contributed by atoms with Crippen molar-refractivity contribution in [1.29, 1.82) is 0 Å². The van der Waals surface area contributed by atoms with Gasteiger partial charge >= 0.3 is 6.18 Å². The number of amides is 1. The molecular weight excluding hydrogens is 403 g/mol. The summed E-state index contributed by atoms with van der Waals surface area (Å²) >= 11 is 0. The Morgan fingerprint density at radius 2 is 1.87 bits per heavy atom. The number of halogens is 3. The summed E-state index contributed by atoms with van der Waals surface area (Å²) in [5.41, 5.74) is 1.91. The van der Waals surface area contributed by atoms with E-state index in [0.29, 0.717) is 22.5 Å². The Hall–Kier alpha value is -3.17. The predicted octanol–water partition coefficient (Wildman–Crippen LogP) is 3.19. The van der Waals surface area contributed by atoms with Crippen LogP contribution in [0, 0.1) is 6.92 Å². The third-order valence-electron chi connectivity index (χ3n) is 3.72. The van der Waals surface area contributed by atoms with Crippen LogP contribution in [-0.4, -0.2) is 41.0 Å². The Balaban J connectivity index is 2.11. The molecule has 2 rings (SSSR count). The van der Waals surface area contributed by atoms with E-state index in [-0.39, 0.29) is 37.1 Å². The summed E-state index contributed by atoms with van der Waals surface area (Å²) in [6.07, 6.45) is -4.36. The lowest BCUT2D eigenvalue weighted by molar-refractivity contribution is -0.154. The minimum absolute atomic E-state index is 0.0319. The molecule has 162 valence electrons. The fourth-order valence-corrected chi connectivity index (χ4v) is 2.58. The monoisotopic (exact) mass is 425 g/mol. The molecule has 2 aromatic heterocycles. The zero-order valence-corrected chi connectivity index (χ0v) is 16.8. The predicted molar refractivity (Wildman–Crippen MR) is 101 cm³/mol. The van der Waals surface area contributed by atoms with Gasteiger partial charge in [-0.05, 0) is 39.0 Å². The SMILES string of the molecule is CCOc1nc(OCC(F)(F)F)ccc1CNC(=O)c1cc(C)nc(CC(C)=O)c1.